The molecule has 100 valence electrons. The van der Waals surface area contributed by atoms with Crippen LogP contribution in [0.3, 0.4) is 0 Å². The molecule has 0 aliphatic carbocycles. The first kappa shape index (κ1) is 13.2. The van der Waals surface area contributed by atoms with Crippen molar-refractivity contribution in [3.8, 4) is 0 Å². The standard InChI is InChI=1S/C16H12Cl2N2/c17-13-6-7-14(18)12(9-13)10-20-15-5-1-3-11-4-2-8-19-16(11)15/h1-9,20H,10H2. The Morgan fingerprint density at radius 1 is 1.00 bits per heavy atom. The van der Waals surface area contributed by atoms with Gasteiger partial charge in [0.05, 0.1) is 11.2 Å². The molecule has 3 rings (SSSR count). The fourth-order valence-corrected chi connectivity index (χ4v) is 2.50. The lowest BCUT2D eigenvalue weighted by Gasteiger charge is -2.10. The maximum Gasteiger partial charge on any atom is 0.0933 e. The molecule has 4 heteroatoms. The van der Waals surface area contributed by atoms with Crippen LogP contribution in [0.15, 0.2) is 54.7 Å². The highest BCUT2D eigenvalue weighted by molar-refractivity contribution is 6.33. The molecule has 0 amide bonds. The van der Waals surface area contributed by atoms with Gasteiger partial charge in [-0.25, -0.2) is 0 Å². The van der Waals surface area contributed by atoms with Crippen LogP contribution in [-0.2, 0) is 6.54 Å². The van der Waals surface area contributed by atoms with Crippen molar-refractivity contribution in [1.29, 1.82) is 0 Å². The molecule has 1 N–H and O–H groups in total. The van der Waals surface area contributed by atoms with Gasteiger partial charge in [-0.05, 0) is 35.9 Å². The monoisotopic (exact) mass is 302 g/mol. The fraction of sp³-hybridized carbons (Fsp3) is 0.0625. The number of nitrogens with zero attached hydrogens (tertiary/aromatic N) is 1. The first-order valence-corrected chi connectivity index (χ1v) is 7.01. The second kappa shape index (κ2) is 5.70. The molecule has 0 atom stereocenters. The summed E-state index contributed by atoms with van der Waals surface area (Å²) in [5.74, 6) is 0. The minimum Gasteiger partial charge on any atom is -0.379 e. The lowest BCUT2D eigenvalue weighted by atomic mass is 10.1. The van der Waals surface area contributed by atoms with E-state index < -0.39 is 0 Å². The first-order valence-electron chi connectivity index (χ1n) is 6.25. The Bertz CT molecular complexity index is 751. The predicted molar refractivity (Wildman–Crippen MR) is 85.5 cm³/mol. The number of nitrogens with one attached hydrogen (secondary N) is 1. The van der Waals surface area contributed by atoms with Gasteiger partial charge in [0.1, 0.15) is 0 Å². The molecule has 1 aromatic heterocycles. The van der Waals surface area contributed by atoms with E-state index in [9.17, 15) is 0 Å². The lowest BCUT2D eigenvalue weighted by Crippen LogP contribution is -2.01. The van der Waals surface area contributed by atoms with Crippen molar-refractivity contribution in [3.05, 3.63) is 70.3 Å². The van der Waals surface area contributed by atoms with E-state index in [1.54, 1.807) is 12.3 Å². The van der Waals surface area contributed by atoms with Crippen molar-refractivity contribution < 1.29 is 0 Å². The van der Waals surface area contributed by atoms with E-state index in [4.69, 9.17) is 23.2 Å². The van der Waals surface area contributed by atoms with Crippen LogP contribution in [-0.4, -0.2) is 4.98 Å². The average Bonchev–Trinajstić information content (AvgIpc) is 2.48. The number of aromatic nitrogens is 1. The van der Waals surface area contributed by atoms with Gasteiger partial charge < -0.3 is 5.32 Å². The molecular formula is C16H12Cl2N2. The summed E-state index contributed by atoms with van der Waals surface area (Å²) < 4.78 is 0. The predicted octanol–water partition coefficient (Wildman–Crippen LogP) is 5.15. The van der Waals surface area contributed by atoms with Crippen molar-refractivity contribution >= 4 is 39.8 Å². The number of rotatable bonds is 3. The average molecular weight is 303 g/mol. The van der Waals surface area contributed by atoms with Gasteiger partial charge in [0.25, 0.3) is 0 Å². The highest BCUT2D eigenvalue weighted by Crippen LogP contribution is 2.24. The number of benzene rings is 2. The minimum absolute atomic E-state index is 0.606. The topological polar surface area (TPSA) is 24.9 Å². The van der Waals surface area contributed by atoms with Gasteiger partial charge in [0, 0.05) is 28.2 Å². The van der Waals surface area contributed by atoms with Crippen LogP contribution < -0.4 is 5.32 Å². The second-order valence-corrected chi connectivity index (χ2v) is 5.31. The smallest absolute Gasteiger partial charge is 0.0933 e. The Morgan fingerprint density at radius 3 is 2.75 bits per heavy atom. The number of para-hydroxylation sites is 1. The molecular weight excluding hydrogens is 291 g/mol. The van der Waals surface area contributed by atoms with Crippen LogP contribution in [0.1, 0.15) is 5.56 Å². The van der Waals surface area contributed by atoms with E-state index in [0.29, 0.717) is 16.6 Å². The zero-order valence-corrected chi connectivity index (χ0v) is 12.1. The molecule has 0 saturated heterocycles. The van der Waals surface area contributed by atoms with Crippen molar-refractivity contribution in [3.63, 3.8) is 0 Å². The summed E-state index contributed by atoms with van der Waals surface area (Å²) in [4.78, 5) is 4.41. The maximum atomic E-state index is 6.17. The maximum absolute atomic E-state index is 6.17. The van der Waals surface area contributed by atoms with Gasteiger partial charge in [0.2, 0.25) is 0 Å². The Labute approximate surface area is 127 Å². The minimum atomic E-state index is 0.606. The third kappa shape index (κ3) is 2.72. The quantitative estimate of drug-likeness (QED) is 0.723. The van der Waals surface area contributed by atoms with E-state index in [-0.39, 0.29) is 0 Å². The number of hydrogen-bond acceptors (Lipinski definition) is 2. The number of halogens is 2. The molecule has 2 nitrogen and oxygen atoms in total. The van der Waals surface area contributed by atoms with Crippen molar-refractivity contribution in [1.82, 2.24) is 4.98 Å². The van der Waals surface area contributed by atoms with E-state index in [1.807, 2.05) is 42.5 Å². The highest BCUT2D eigenvalue weighted by Gasteiger charge is 2.04. The van der Waals surface area contributed by atoms with Crippen LogP contribution in [0, 0.1) is 0 Å². The molecule has 0 radical (unpaired) electrons. The third-order valence-electron chi connectivity index (χ3n) is 3.11. The number of hydrogen-bond donors (Lipinski definition) is 1. The SMILES string of the molecule is Clc1ccc(Cl)c(CNc2cccc3cccnc23)c1. The van der Waals surface area contributed by atoms with E-state index >= 15 is 0 Å². The van der Waals surface area contributed by atoms with Gasteiger partial charge in [-0.15, -0.1) is 0 Å². The Balaban J connectivity index is 1.89. The Kier molecular flexibility index (Phi) is 3.77. The lowest BCUT2D eigenvalue weighted by molar-refractivity contribution is 1.15. The van der Waals surface area contributed by atoms with Gasteiger partial charge in [-0.1, -0.05) is 41.4 Å². The summed E-state index contributed by atoms with van der Waals surface area (Å²) >= 11 is 12.2. The summed E-state index contributed by atoms with van der Waals surface area (Å²) in [5.41, 5.74) is 2.90. The summed E-state index contributed by atoms with van der Waals surface area (Å²) in [6.45, 7) is 0.606. The Morgan fingerprint density at radius 2 is 1.85 bits per heavy atom. The summed E-state index contributed by atoms with van der Waals surface area (Å²) in [6, 6.07) is 15.5. The number of fused-ring (bicyclic) bond motifs is 1. The van der Waals surface area contributed by atoms with Gasteiger partial charge in [-0.3, -0.25) is 4.98 Å². The second-order valence-electron chi connectivity index (χ2n) is 4.47. The molecule has 0 aliphatic rings. The molecule has 20 heavy (non-hydrogen) atoms. The van der Waals surface area contributed by atoms with Crippen LogP contribution in [0.5, 0.6) is 0 Å². The van der Waals surface area contributed by atoms with Gasteiger partial charge >= 0.3 is 0 Å². The molecule has 0 unspecified atom stereocenters. The normalized spacial score (nSPS) is 10.7. The molecule has 0 aliphatic heterocycles. The van der Waals surface area contributed by atoms with Gasteiger partial charge in [0.15, 0.2) is 0 Å². The van der Waals surface area contributed by atoms with Crippen LogP contribution >= 0.6 is 23.2 Å². The zero-order chi connectivity index (χ0) is 13.9. The van der Waals surface area contributed by atoms with Crippen molar-refractivity contribution in [2.75, 3.05) is 5.32 Å². The fourth-order valence-electron chi connectivity index (χ4n) is 2.12. The Hall–Kier alpha value is -1.77. The van der Waals surface area contributed by atoms with E-state index in [2.05, 4.69) is 10.3 Å². The van der Waals surface area contributed by atoms with Crippen molar-refractivity contribution in [2.45, 2.75) is 6.54 Å². The largest absolute Gasteiger partial charge is 0.379 e. The molecule has 0 spiro atoms. The first-order chi connectivity index (χ1) is 9.74. The molecule has 3 aromatic rings. The zero-order valence-electron chi connectivity index (χ0n) is 10.6. The molecule has 0 saturated carbocycles. The molecule has 0 bridgehead atoms. The van der Waals surface area contributed by atoms with E-state index in [1.165, 1.54) is 0 Å². The van der Waals surface area contributed by atoms with Crippen LogP contribution in [0.4, 0.5) is 5.69 Å². The third-order valence-corrected chi connectivity index (χ3v) is 3.71. The van der Waals surface area contributed by atoms with E-state index in [0.717, 1.165) is 22.2 Å². The molecule has 2 aromatic carbocycles. The summed E-state index contributed by atoms with van der Waals surface area (Å²) in [6.07, 6.45) is 1.79. The number of pyridine rings is 1. The highest BCUT2D eigenvalue weighted by atomic mass is 35.5. The number of anilines is 1. The summed E-state index contributed by atoms with van der Waals surface area (Å²) in [7, 11) is 0. The van der Waals surface area contributed by atoms with Crippen molar-refractivity contribution in [2.24, 2.45) is 0 Å². The molecule has 0 fully saturated rings. The van der Waals surface area contributed by atoms with Gasteiger partial charge in [-0.2, -0.15) is 0 Å². The van der Waals surface area contributed by atoms with Crippen LogP contribution in [0.25, 0.3) is 10.9 Å². The molecule has 1 heterocycles. The van der Waals surface area contributed by atoms with Crippen LogP contribution in [0.2, 0.25) is 10.0 Å². The summed E-state index contributed by atoms with van der Waals surface area (Å²) in [5, 5.41) is 5.86.